The largest absolute Gasteiger partial charge is 0.494 e. The quantitative estimate of drug-likeness (QED) is 0.217. The highest BCUT2D eigenvalue weighted by atomic mass is 16.5. The highest BCUT2D eigenvalue weighted by molar-refractivity contribution is 5.78. The Labute approximate surface area is 203 Å². The van der Waals surface area contributed by atoms with E-state index in [4.69, 9.17) is 9.47 Å². The van der Waals surface area contributed by atoms with E-state index in [0.717, 1.165) is 52.1 Å². The number of para-hydroxylation sites is 1. The predicted octanol–water partition coefficient (Wildman–Crippen LogP) is 5.51. The first-order valence-corrected chi connectivity index (χ1v) is 11.5. The first kappa shape index (κ1) is 22.3. The summed E-state index contributed by atoms with van der Waals surface area (Å²) in [5.74, 6) is 2.35. The van der Waals surface area contributed by atoms with E-state index in [-0.39, 0.29) is 0 Å². The van der Waals surface area contributed by atoms with Crippen LogP contribution in [0.3, 0.4) is 0 Å². The Bertz CT molecular complexity index is 1400. The van der Waals surface area contributed by atoms with Gasteiger partial charge in [0.15, 0.2) is 5.82 Å². The number of rotatable bonds is 10. The van der Waals surface area contributed by atoms with E-state index in [9.17, 15) is 0 Å². The Kier molecular flexibility index (Phi) is 7.05. The van der Waals surface area contributed by atoms with E-state index < -0.39 is 0 Å². The lowest BCUT2D eigenvalue weighted by atomic mass is 10.1. The summed E-state index contributed by atoms with van der Waals surface area (Å²) in [5, 5.41) is 15.0. The number of aromatic nitrogens is 5. The van der Waals surface area contributed by atoms with Gasteiger partial charge in [0.2, 0.25) is 0 Å². The summed E-state index contributed by atoms with van der Waals surface area (Å²) in [4.78, 5) is 4.66. The van der Waals surface area contributed by atoms with Gasteiger partial charge in [0, 0.05) is 11.8 Å². The van der Waals surface area contributed by atoms with Crippen LogP contribution in [-0.2, 0) is 13.0 Å². The van der Waals surface area contributed by atoms with Gasteiger partial charge in [-0.2, -0.15) is 5.21 Å². The van der Waals surface area contributed by atoms with Crippen LogP contribution >= 0.6 is 0 Å². The molecule has 0 atom stereocenters. The number of aromatic amines is 1. The maximum absolute atomic E-state index is 5.93. The number of hydrogen-bond donors (Lipinski definition) is 1. The summed E-state index contributed by atoms with van der Waals surface area (Å²) in [6, 6.07) is 28.2. The third kappa shape index (κ3) is 6.29. The second-order valence-electron chi connectivity index (χ2n) is 8.04. The number of tetrazole rings is 1. The maximum Gasteiger partial charge on any atom is 0.174 e. The van der Waals surface area contributed by atoms with Gasteiger partial charge in [-0.05, 0) is 53.9 Å². The van der Waals surface area contributed by atoms with Gasteiger partial charge in [0.25, 0.3) is 0 Å². The van der Waals surface area contributed by atoms with Gasteiger partial charge < -0.3 is 9.47 Å². The fourth-order valence-corrected chi connectivity index (χ4v) is 3.63. The van der Waals surface area contributed by atoms with Gasteiger partial charge >= 0.3 is 0 Å². The molecule has 0 saturated heterocycles. The molecule has 3 aromatic carbocycles. The predicted molar refractivity (Wildman–Crippen MR) is 136 cm³/mol. The number of fused-ring (bicyclic) bond motifs is 1. The minimum absolute atomic E-state index is 0.432. The zero-order chi connectivity index (χ0) is 23.7. The van der Waals surface area contributed by atoms with E-state index in [1.54, 1.807) is 0 Å². The average molecular weight is 464 g/mol. The zero-order valence-electron chi connectivity index (χ0n) is 19.2. The van der Waals surface area contributed by atoms with Gasteiger partial charge in [-0.1, -0.05) is 65.9 Å². The lowest BCUT2D eigenvalue weighted by molar-refractivity contribution is 0.302. The van der Waals surface area contributed by atoms with Crippen molar-refractivity contribution in [2.75, 3.05) is 6.61 Å². The van der Waals surface area contributed by atoms with Crippen LogP contribution in [-0.4, -0.2) is 32.2 Å². The number of aryl methyl sites for hydroxylation is 1. The number of nitrogens with one attached hydrogen (secondary N) is 1. The van der Waals surface area contributed by atoms with Crippen LogP contribution in [0.4, 0.5) is 0 Å². The molecule has 0 fully saturated rings. The number of ether oxygens (including phenoxy) is 2. The van der Waals surface area contributed by atoms with Crippen molar-refractivity contribution in [1.29, 1.82) is 0 Å². The Morgan fingerprint density at radius 2 is 1.66 bits per heavy atom. The molecule has 0 radical (unpaired) electrons. The molecule has 5 rings (SSSR count). The Morgan fingerprint density at radius 3 is 2.54 bits per heavy atom. The van der Waals surface area contributed by atoms with Crippen LogP contribution in [0.2, 0.25) is 0 Å². The van der Waals surface area contributed by atoms with Crippen molar-refractivity contribution in [3.8, 4) is 11.5 Å². The van der Waals surface area contributed by atoms with Crippen LogP contribution < -0.4 is 9.47 Å². The standard InChI is InChI=1S/C28H25N5O2/c1-2-8-27-23(6-1)14-15-24(29-27)20-35-25-16-12-21(13-17-25)10-11-22-5-3-7-26(19-22)34-18-4-9-28-30-32-33-31-28/h1-3,5-8,10-17,19H,4,9,18,20H2,(H,30,31,32,33)/b11-10+. The van der Waals surface area contributed by atoms with Crippen molar-refractivity contribution in [2.45, 2.75) is 19.4 Å². The molecule has 174 valence electrons. The van der Waals surface area contributed by atoms with E-state index >= 15 is 0 Å². The van der Waals surface area contributed by atoms with Crippen molar-refractivity contribution in [3.63, 3.8) is 0 Å². The monoisotopic (exact) mass is 463 g/mol. The SMILES string of the molecule is C(=C\c1cccc(OCCCc2nn[nH]n2)c1)/c1ccc(OCc2ccc3ccccc3n2)cc1. The first-order chi connectivity index (χ1) is 17.3. The van der Waals surface area contributed by atoms with Gasteiger partial charge in [0.05, 0.1) is 17.8 Å². The topological polar surface area (TPSA) is 85.8 Å². The highest BCUT2D eigenvalue weighted by Gasteiger charge is 2.01. The van der Waals surface area contributed by atoms with E-state index in [0.29, 0.717) is 19.0 Å². The van der Waals surface area contributed by atoms with Crippen LogP contribution in [0.5, 0.6) is 11.5 Å². The van der Waals surface area contributed by atoms with Crippen molar-refractivity contribution in [2.24, 2.45) is 0 Å². The molecule has 5 aromatic rings. The number of hydrogen-bond acceptors (Lipinski definition) is 6. The van der Waals surface area contributed by atoms with E-state index in [2.05, 4.69) is 56.0 Å². The molecule has 0 aliphatic rings. The molecule has 0 aliphatic heterocycles. The summed E-state index contributed by atoms with van der Waals surface area (Å²) in [7, 11) is 0. The molecule has 0 unspecified atom stereocenters. The zero-order valence-corrected chi connectivity index (χ0v) is 19.2. The van der Waals surface area contributed by atoms with E-state index in [1.165, 1.54) is 0 Å². The fourth-order valence-electron chi connectivity index (χ4n) is 3.63. The van der Waals surface area contributed by atoms with Crippen LogP contribution in [0, 0.1) is 0 Å². The van der Waals surface area contributed by atoms with Crippen molar-refractivity contribution in [1.82, 2.24) is 25.6 Å². The molecule has 2 heterocycles. The molecule has 2 aromatic heterocycles. The molecule has 7 nitrogen and oxygen atoms in total. The van der Waals surface area contributed by atoms with Crippen molar-refractivity contribution in [3.05, 3.63) is 108 Å². The third-order valence-electron chi connectivity index (χ3n) is 5.45. The molecule has 1 N–H and O–H groups in total. The fraction of sp³-hybridized carbons (Fsp3) is 0.143. The summed E-state index contributed by atoms with van der Waals surface area (Å²) in [6.07, 6.45) is 5.70. The van der Waals surface area contributed by atoms with Crippen LogP contribution in [0.25, 0.3) is 23.1 Å². The number of pyridine rings is 1. The smallest absolute Gasteiger partial charge is 0.174 e. The minimum atomic E-state index is 0.432. The molecule has 0 spiro atoms. The second kappa shape index (κ2) is 11.1. The summed E-state index contributed by atoms with van der Waals surface area (Å²) in [5.41, 5.74) is 4.05. The molecule has 0 saturated carbocycles. The van der Waals surface area contributed by atoms with Gasteiger partial charge in [-0.3, -0.25) is 0 Å². The molecule has 7 heteroatoms. The summed E-state index contributed by atoms with van der Waals surface area (Å²) >= 11 is 0. The Hall–Kier alpha value is -4.52. The van der Waals surface area contributed by atoms with Crippen LogP contribution in [0.15, 0.2) is 84.9 Å². The molecule has 35 heavy (non-hydrogen) atoms. The summed E-state index contributed by atoms with van der Waals surface area (Å²) < 4.78 is 11.8. The lowest BCUT2D eigenvalue weighted by Gasteiger charge is -2.07. The number of H-pyrrole nitrogens is 1. The molecule has 0 aliphatic carbocycles. The molecule has 0 bridgehead atoms. The van der Waals surface area contributed by atoms with Gasteiger partial charge in [-0.25, -0.2) is 4.98 Å². The summed E-state index contributed by atoms with van der Waals surface area (Å²) in [6.45, 7) is 1.03. The molecule has 0 amide bonds. The molecular formula is C28H25N5O2. The lowest BCUT2D eigenvalue weighted by Crippen LogP contribution is -2.00. The Balaban J connectivity index is 1.12. The first-order valence-electron chi connectivity index (χ1n) is 11.5. The number of benzene rings is 3. The minimum Gasteiger partial charge on any atom is -0.494 e. The van der Waals surface area contributed by atoms with Crippen molar-refractivity contribution >= 4 is 23.1 Å². The average Bonchev–Trinajstić information content (AvgIpc) is 3.43. The normalized spacial score (nSPS) is 11.2. The highest BCUT2D eigenvalue weighted by Crippen LogP contribution is 2.19. The number of nitrogens with zero attached hydrogens (tertiary/aromatic N) is 4. The van der Waals surface area contributed by atoms with Crippen molar-refractivity contribution < 1.29 is 9.47 Å². The third-order valence-corrected chi connectivity index (χ3v) is 5.45. The Morgan fingerprint density at radius 1 is 0.771 bits per heavy atom. The van der Waals surface area contributed by atoms with Gasteiger partial charge in [-0.15, -0.1) is 10.2 Å². The maximum atomic E-state index is 5.93. The second-order valence-corrected chi connectivity index (χ2v) is 8.04. The molecular weight excluding hydrogens is 438 g/mol. The van der Waals surface area contributed by atoms with Crippen LogP contribution in [0.1, 0.15) is 29.1 Å². The van der Waals surface area contributed by atoms with E-state index in [1.807, 2.05) is 66.7 Å². The van der Waals surface area contributed by atoms with Gasteiger partial charge in [0.1, 0.15) is 18.1 Å².